The number of rotatable bonds is 5. The van der Waals surface area contributed by atoms with Gasteiger partial charge < -0.3 is 14.2 Å². The fourth-order valence-corrected chi connectivity index (χ4v) is 1.95. The second-order valence-electron chi connectivity index (χ2n) is 4.76. The van der Waals surface area contributed by atoms with Gasteiger partial charge in [0.15, 0.2) is 11.8 Å². The third-order valence-electron chi connectivity index (χ3n) is 3.17. The molecule has 0 saturated heterocycles. The van der Waals surface area contributed by atoms with Crippen molar-refractivity contribution < 1.29 is 18.5 Å². The third-order valence-corrected chi connectivity index (χ3v) is 3.17. The second-order valence-corrected chi connectivity index (χ2v) is 4.76. The number of nitrogens with two attached hydrogens (primary N) is 1. The number of benzene rings is 1. The van der Waals surface area contributed by atoms with Crippen LogP contribution in [-0.4, -0.2) is 10.2 Å². The number of nitrogens with zero attached hydrogens (tertiary/aromatic N) is 2. The first-order chi connectivity index (χ1) is 10.2. The van der Waals surface area contributed by atoms with Gasteiger partial charge in [-0.25, -0.2) is 4.39 Å². The van der Waals surface area contributed by atoms with Crippen molar-refractivity contribution >= 4 is 0 Å². The summed E-state index contributed by atoms with van der Waals surface area (Å²) in [6, 6.07) is 9.75. The lowest BCUT2D eigenvalue weighted by molar-refractivity contribution is -0.711. The average Bonchev–Trinajstić information content (AvgIpc) is 3.17. The van der Waals surface area contributed by atoms with Gasteiger partial charge in [0.05, 0.1) is 6.26 Å². The van der Waals surface area contributed by atoms with E-state index in [1.807, 2.05) is 24.4 Å². The van der Waals surface area contributed by atoms with E-state index in [1.54, 1.807) is 18.4 Å². The Labute approximate surface area is 120 Å². The zero-order chi connectivity index (χ0) is 14.7. The van der Waals surface area contributed by atoms with E-state index < -0.39 is 0 Å². The molecule has 0 fully saturated rings. The van der Waals surface area contributed by atoms with Gasteiger partial charge in [-0.2, -0.15) is 0 Å². The molecule has 108 valence electrons. The average molecular weight is 288 g/mol. The summed E-state index contributed by atoms with van der Waals surface area (Å²) >= 11 is 0. The van der Waals surface area contributed by atoms with Crippen LogP contribution in [0.2, 0.25) is 0 Å². The maximum absolute atomic E-state index is 12.9. The Hall–Kier alpha value is -2.47. The van der Waals surface area contributed by atoms with E-state index in [2.05, 4.69) is 10.2 Å². The number of aromatic nitrogens is 2. The standard InChI is InChI=1S/C15H14FN3O2/c1-10(17-9-13-3-2-8-20-13)14-18-19-15(21-14)11-4-6-12(16)7-5-11/h2-8,10,17H,9H2,1H3/p+1/t10-/m1/s1. The Morgan fingerprint density at radius 2 is 2.00 bits per heavy atom. The van der Waals surface area contributed by atoms with Crippen molar-refractivity contribution in [1.29, 1.82) is 0 Å². The lowest BCUT2D eigenvalue weighted by atomic mass is 10.2. The molecule has 1 aromatic carbocycles. The van der Waals surface area contributed by atoms with E-state index >= 15 is 0 Å². The molecule has 2 heterocycles. The van der Waals surface area contributed by atoms with Crippen LogP contribution in [0.4, 0.5) is 4.39 Å². The van der Waals surface area contributed by atoms with Crippen LogP contribution in [0.15, 0.2) is 51.5 Å². The van der Waals surface area contributed by atoms with E-state index in [9.17, 15) is 4.39 Å². The van der Waals surface area contributed by atoms with Gasteiger partial charge in [0.2, 0.25) is 5.89 Å². The number of halogens is 1. The first-order valence-corrected chi connectivity index (χ1v) is 6.67. The molecule has 6 heteroatoms. The SMILES string of the molecule is C[C@@H]([NH2+]Cc1ccco1)c1nnc(-c2ccc(F)cc2)o1. The molecule has 3 aromatic rings. The molecule has 0 bridgehead atoms. The minimum absolute atomic E-state index is 0.0109. The number of furan rings is 1. The molecule has 0 amide bonds. The number of quaternary nitrogens is 1. The zero-order valence-electron chi connectivity index (χ0n) is 11.5. The summed E-state index contributed by atoms with van der Waals surface area (Å²) in [5.74, 6) is 1.52. The smallest absolute Gasteiger partial charge is 0.274 e. The van der Waals surface area contributed by atoms with Crippen molar-refractivity contribution in [3.05, 3.63) is 60.1 Å². The van der Waals surface area contributed by atoms with Gasteiger partial charge in [-0.1, -0.05) is 0 Å². The molecule has 5 nitrogen and oxygen atoms in total. The van der Waals surface area contributed by atoms with Gasteiger partial charge in [0.25, 0.3) is 5.89 Å². The molecule has 21 heavy (non-hydrogen) atoms. The fraction of sp³-hybridized carbons (Fsp3) is 0.200. The summed E-state index contributed by atoms with van der Waals surface area (Å²) in [6.45, 7) is 2.67. The Morgan fingerprint density at radius 1 is 1.19 bits per heavy atom. The van der Waals surface area contributed by atoms with E-state index in [4.69, 9.17) is 8.83 Å². The van der Waals surface area contributed by atoms with E-state index in [0.717, 1.165) is 5.76 Å². The van der Waals surface area contributed by atoms with Gasteiger partial charge in [-0.15, -0.1) is 10.2 Å². The summed E-state index contributed by atoms with van der Waals surface area (Å²) in [7, 11) is 0. The number of hydrogen-bond acceptors (Lipinski definition) is 4. The molecule has 2 aromatic heterocycles. The highest BCUT2D eigenvalue weighted by Crippen LogP contribution is 2.19. The normalized spacial score (nSPS) is 12.5. The zero-order valence-corrected chi connectivity index (χ0v) is 11.5. The summed E-state index contributed by atoms with van der Waals surface area (Å²) in [5, 5.41) is 10.1. The molecule has 2 N–H and O–H groups in total. The lowest BCUT2D eigenvalue weighted by Crippen LogP contribution is -2.83. The van der Waals surface area contributed by atoms with Gasteiger partial charge in [0, 0.05) is 5.56 Å². The summed E-state index contributed by atoms with van der Waals surface area (Å²) < 4.78 is 23.8. The van der Waals surface area contributed by atoms with Crippen molar-refractivity contribution in [1.82, 2.24) is 10.2 Å². The second kappa shape index (κ2) is 5.88. The Morgan fingerprint density at radius 3 is 2.71 bits per heavy atom. The van der Waals surface area contributed by atoms with Crippen LogP contribution >= 0.6 is 0 Å². The number of hydrogen-bond donors (Lipinski definition) is 1. The molecule has 0 spiro atoms. The molecular formula is C15H15FN3O2+. The molecule has 0 aliphatic rings. The predicted molar refractivity (Wildman–Crippen MR) is 72.4 cm³/mol. The molecule has 1 atom stereocenters. The van der Waals surface area contributed by atoms with Gasteiger partial charge in [-0.05, 0) is 43.3 Å². The highest BCUT2D eigenvalue weighted by Gasteiger charge is 2.18. The van der Waals surface area contributed by atoms with Crippen LogP contribution in [-0.2, 0) is 6.54 Å². The van der Waals surface area contributed by atoms with Gasteiger partial charge in [0.1, 0.15) is 12.4 Å². The highest BCUT2D eigenvalue weighted by atomic mass is 19.1. The van der Waals surface area contributed by atoms with E-state index in [0.29, 0.717) is 23.9 Å². The maximum Gasteiger partial charge on any atom is 0.274 e. The van der Waals surface area contributed by atoms with E-state index in [-0.39, 0.29) is 11.9 Å². The van der Waals surface area contributed by atoms with Crippen molar-refractivity contribution in [2.24, 2.45) is 0 Å². The minimum Gasteiger partial charge on any atom is -0.463 e. The van der Waals surface area contributed by atoms with Crippen LogP contribution in [0.3, 0.4) is 0 Å². The molecule has 0 saturated carbocycles. The molecular weight excluding hydrogens is 273 g/mol. The highest BCUT2D eigenvalue weighted by molar-refractivity contribution is 5.51. The van der Waals surface area contributed by atoms with Crippen molar-refractivity contribution in [2.45, 2.75) is 19.5 Å². The fourth-order valence-electron chi connectivity index (χ4n) is 1.95. The van der Waals surface area contributed by atoms with Gasteiger partial charge in [-0.3, -0.25) is 0 Å². The summed E-state index contributed by atoms with van der Waals surface area (Å²) in [6.07, 6.45) is 1.65. The molecule has 0 aliphatic carbocycles. The minimum atomic E-state index is -0.293. The largest absolute Gasteiger partial charge is 0.463 e. The first kappa shape index (κ1) is 13.5. The summed E-state index contributed by atoms with van der Waals surface area (Å²) in [4.78, 5) is 0. The summed E-state index contributed by atoms with van der Waals surface area (Å²) in [5.41, 5.74) is 0.702. The third kappa shape index (κ3) is 3.17. The van der Waals surface area contributed by atoms with Crippen molar-refractivity contribution in [2.75, 3.05) is 0 Å². The Kier molecular flexibility index (Phi) is 3.79. The van der Waals surface area contributed by atoms with Crippen molar-refractivity contribution in [3.8, 4) is 11.5 Å². The Balaban J connectivity index is 1.67. The van der Waals surface area contributed by atoms with Crippen LogP contribution in [0.25, 0.3) is 11.5 Å². The molecule has 0 unspecified atom stereocenters. The van der Waals surface area contributed by atoms with Crippen LogP contribution < -0.4 is 5.32 Å². The molecule has 0 radical (unpaired) electrons. The van der Waals surface area contributed by atoms with E-state index in [1.165, 1.54) is 12.1 Å². The van der Waals surface area contributed by atoms with Crippen LogP contribution in [0.5, 0.6) is 0 Å². The monoisotopic (exact) mass is 288 g/mol. The first-order valence-electron chi connectivity index (χ1n) is 6.67. The maximum atomic E-state index is 12.9. The predicted octanol–water partition coefficient (Wildman–Crippen LogP) is 2.29. The van der Waals surface area contributed by atoms with Gasteiger partial charge >= 0.3 is 0 Å². The molecule has 3 rings (SSSR count). The topological polar surface area (TPSA) is 68.7 Å². The van der Waals surface area contributed by atoms with Crippen molar-refractivity contribution in [3.63, 3.8) is 0 Å². The quantitative estimate of drug-likeness (QED) is 0.782. The Bertz CT molecular complexity index is 692. The van der Waals surface area contributed by atoms with Crippen LogP contribution in [0, 0.1) is 5.82 Å². The lowest BCUT2D eigenvalue weighted by Gasteiger charge is -2.04. The van der Waals surface area contributed by atoms with Crippen LogP contribution in [0.1, 0.15) is 24.6 Å². The molecule has 0 aliphatic heterocycles.